The predicted molar refractivity (Wildman–Crippen MR) is 51.8 cm³/mol. The zero-order valence-corrected chi connectivity index (χ0v) is 7.34. The van der Waals surface area contributed by atoms with E-state index in [1.54, 1.807) is 6.07 Å². The molecule has 0 fully saturated rings. The van der Waals surface area contributed by atoms with E-state index in [0.29, 0.717) is 5.56 Å². The maximum Gasteiger partial charge on any atom is 0.248 e. The molecule has 1 amide bonds. The zero-order valence-electron chi connectivity index (χ0n) is 7.34. The number of carbonyl (C=O) groups excluding carboxylic acids is 1. The number of fused-ring (bicyclic) bond motifs is 1. The molecule has 0 aliphatic carbocycles. The number of primary amides is 1. The number of carbonyl (C=O) groups is 1. The molecule has 0 saturated heterocycles. The van der Waals surface area contributed by atoms with Gasteiger partial charge in [0.1, 0.15) is 0 Å². The highest BCUT2D eigenvalue weighted by Gasteiger charge is 2.10. The molecule has 2 rings (SSSR count). The average Bonchev–Trinajstić information content (AvgIpc) is 2.17. The molecule has 68 valence electrons. The first kappa shape index (κ1) is 8.10. The first-order chi connectivity index (χ1) is 6.27. The van der Waals surface area contributed by atoms with E-state index in [0.717, 1.165) is 25.1 Å². The lowest BCUT2D eigenvalue weighted by molar-refractivity contribution is 0.1000. The highest BCUT2D eigenvalue weighted by molar-refractivity contribution is 5.93. The summed E-state index contributed by atoms with van der Waals surface area (Å²) in [6.45, 7) is 1.02. The molecule has 0 radical (unpaired) electrons. The van der Waals surface area contributed by atoms with Crippen molar-refractivity contribution in [2.45, 2.75) is 12.8 Å². The van der Waals surface area contributed by atoms with Crippen molar-refractivity contribution in [1.29, 1.82) is 0 Å². The number of anilines is 1. The number of benzene rings is 1. The smallest absolute Gasteiger partial charge is 0.248 e. The summed E-state index contributed by atoms with van der Waals surface area (Å²) in [5.74, 6) is -0.353. The van der Waals surface area contributed by atoms with Gasteiger partial charge in [0.25, 0.3) is 0 Å². The Morgan fingerprint density at radius 3 is 3.08 bits per heavy atom. The van der Waals surface area contributed by atoms with E-state index in [1.165, 1.54) is 5.56 Å². The van der Waals surface area contributed by atoms with Crippen molar-refractivity contribution in [1.82, 2.24) is 0 Å². The van der Waals surface area contributed by atoms with Gasteiger partial charge >= 0.3 is 0 Å². The second-order valence-corrected chi connectivity index (χ2v) is 3.27. The lowest BCUT2D eigenvalue weighted by atomic mass is 10.0. The average molecular weight is 176 g/mol. The Bertz CT molecular complexity index is 347. The molecule has 0 spiro atoms. The molecule has 0 atom stereocenters. The quantitative estimate of drug-likeness (QED) is 0.674. The largest absolute Gasteiger partial charge is 0.385 e. The minimum absolute atomic E-state index is 0.353. The van der Waals surface area contributed by atoms with E-state index in [9.17, 15) is 4.79 Å². The summed E-state index contributed by atoms with van der Waals surface area (Å²) in [7, 11) is 0. The molecular formula is C10H12N2O. The van der Waals surface area contributed by atoms with Gasteiger partial charge in [0.05, 0.1) is 0 Å². The van der Waals surface area contributed by atoms with Crippen LogP contribution in [0.25, 0.3) is 0 Å². The first-order valence-corrected chi connectivity index (χ1v) is 4.44. The molecule has 1 heterocycles. The number of hydrogen-bond donors (Lipinski definition) is 2. The van der Waals surface area contributed by atoms with Crippen LogP contribution in [0.15, 0.2) is 18.2 Å². The van der Waals surface area contributed by atoms with Gasteiger partial charge in [-0.05, 0) is 36.6 Å². The van der Waals surface area contributed by atoms with Crippen LogP contribution in [0.4, 0.5) is 5.69 Å². The highest BCUT2D eigenvalue weighted by Crippen LogP contribution is 2.22. The van der Waals surface area contributed by atoms with Gasteiger partial charge in [-0.15, -0.1) is 0 Å². The van der Waals surface area contributed by atoms with Gasteiger partial charge in [-0.3, -0.25) is 4.79 Å². The van der Waals surface area contributed by atoms with E-state index in [2.05, 4.69) is 5.32 Å². The fourth-order valence-electron chi connectivity index (χ4n) is 1.63. The number of nitrogens with two attached hydrogens (primary N) is 1. The Kier molecular flexibility index (Phi) is 1.93. The minimum Gasteiger partial charge on any atom is -0.385 e. The molecular weight excluding hydrogens is 164 g/mol. The Labute approximate surface area is 76.9 Å². The molecule has 0 aromatic heterocycles. The van der Waals surface area contributed by atoms with Crippen LogP contribution in [0.5, 0.6) is 0 Å². The topological polar surface area (TPSA) is 55.1 Å². The van der Waals surface area contributed by atoms with Crippen molar-refractivity contribution in [3.05, 3.63) is 29.3 Å². The van der Waals surface area contributed by atoms with Gasteiger partial charge in [0.2, 0.25) is 5.91 Å². The summed E-state index contributed by atoms with van der Waals surface area (Å²) < 4.78 is 0. The number of rotatable bonds is 1. The second-order valence-electron chi connectivity index (χ2n) is 3.27. The summed E-state index contributed by atoms with van der Waals surface area (Å²) in [6, 6.07) is 5.57. The molecule has 13 heavy (non-hydrogen) atoms. The van der Waals surface area contributed by atoms with Crippen molar-refractivity contribution >= 4 is 11.6 Å². The molecule has 0 unspecified atom stereocenters. The summed E-state index contributed by atoms with van der Waals surface area (Å²) in [6.07, 6.45) is 2.15. The SMILES string of the molecule is NC(=O)c1ccc2c(c1)CCCN2. The van der Waals surface area contributed by atoms with E-state index >= 15 is 0 Å². The van der Waals surface area contributed by atoms with Crippen LogP contribution in [-0.4, -0.2) is 12.5 Å². The Hall–Kier alpha value is -1.51. The summed E-state index contributed by atoms with van der Waals surface area (Å²) in [5, 5.41) is 3.28. The highest BCUT2D eigenvalue weighted by atomic mass is 16.1. The van der Waals surface area contributed by atoms with E-state index in [-0.39, 0.29) is 5.91 Å². The molecule has 1 aliphatic rings. The summed E-state index contributed by atoms with van der Waals surface area (Å²) in [5.41, 5.74) is 8.12. The lowest BCUT2D eigenvalue weighted by Gasteiger charge is -2.17. The van der Waals surface area contributed by atoms with Crippen molar-refractivity contribution in [3.8, 4) is 0 Å². The van der Waals surface area contributed by atoms with Gasteiger partial charge in [0.15, 0.2) is 0 Å². The van der Waals surface area contributed by atoms with E-state index < -0.39 is 0 Å². The normalized spacial score (nSPS) is 14.5. The van der Waals surface area contributed by atoms with Crippen molar-refractivity contribution in [2.75, 3.05) is 11.9 Å². The van der Waals surface area contributed by atoms with Crippen LogP contribution in [0.2, 0.25) is 0 Å². The Morgan fingerprint density at radius 1 is 1.46 bits per heavy atom. The fraction of sp³-hybridized carbons (Fsp3) is 0.300. The molecule has 0 saturated carbocycles. The van der Waals surface area contributed by atoms with Crippen molar-refractivity contribution < 1.29 is 4.79 Å². The maximum absolute atomic E-state index is 10.9. The van der Waals surface area contributed by atoms with E-state index in [1.807, 2.05) is 12.1 Å². The molecule has 1 aliphatic heterocycles. The fourth-order valence-corrected chi connectivity index (χ4v) is 1.63. The predicted octanol–water partition coefficient (Wildman–Crippen LogP) is 1.14. The van der Waals surface area contributed by atoms with Gasteiger partial charge in [-0.1, -0.05) is 0 Å². The second kappa shape index (κ2) is 3.09. The molecule has 0 bridgehead atoms. The monoisotopic (exact) mass is 176 g/mol. The van der Waals surface area contributed by atoms with Crippen LogP contribution < -0.4 is 11.1 Å². The standard InChI is InChI=1S/C10H12N2O/c11-10(13)8-3-4-9-7(6-8)2-1-5-12-9/h3-4,6,12H,1-2,5H2,(H2,11,13). The minimum atomic E-state index is -0.353. The molecule has 3 nitrogen and oxygen atoms in total. The zero-order chi connectivity index (χ0) is 9.26. The molecule has 1 aromatic rings. The summed E-state index contributed by atoms with van der Waals surface area (Å²) >= 11 is 0. The number of nitrogens with one attached hydrogen (secondary N) is 1. The maximum atomic E-state index is 10.9. The van der Waals surface area contributed by atoms with Crippen LogP contribution >= 0.6 is 0 Å². The first-order valence-electron chi connectivity index (χ1n) is 4.44. The van der Waals surface area contributed by atoms with Crippen LogP contribution in [-0.2, 0) is 6.42 Å². The number of amides is 1. The molecule has 3 heteroatoms. The van der Waals surface area contributed by atoms with E-state index in [4.69, 9.17) is 5.73 Å². The number of aryl methyl sites for hydroxylation is 1. The van der Waals surface area contributed by atoms with Gasteiger partial charge in [-0.25, -0.2) is 0 Å². The van der Waals surface area contributed by atoms with Gasteiger partial charge in [0, 0.05) is 17.8 Å². The summed E-state index contributed by atoms with van der Waals surface area (Å²) in [4.78, 5) is 10.9. The van der Waals surface area contributed by atoms with Crippen LogP contribution in [0.1, 0.15) is 22.3 Å². The Balaban J connectivity index is 2.40. The van der Waals surface area contributed by atoms with Gasteiger partial charge < -0.3 is 11.1 Å². The Morgan fingerprint density at radius 2 is 2.31 bits per heavy atom. The van der Waals surface area contributed by atoms with Gasteiger partial charge in [-0.2, -0.15) is 0 Å². The number of hydrogen-bond acceptors (Lipinski definition) is 2. The molecule has 3 N–H and O–H groups in total. The lowest BCUT2D eigenvalue weighted by Crippen LogP contribution is -2.15. The van der Waals surface area contributed by atoms with Crippen molar-refractivity contribution in [2.24, 2.45) is 5.73 Å². The third kappa shape index (κ3) is 1.49. The third-order valence-electron chi connectivity index (χ3n) is 2.33. The third-order valence-corrected chi connectivity index (χ3v) is 2.33. The van der Waals surface area contributed by atoms with Crippen LogP contribution in [0, 0.1) is 0 Å². The molecule has 1 aromatic carbocycles. The van der Waals surface area contributed by atoms with Crippen LogP contribution in [0.3, 0.4) is 0 Å². The van der Waals surface area contributed by atoms with Crippen molar-refractivity contribution in [3.63, 3.8) is 0 Å².